The fourth-order valence-corrected chi connectivity index (χ4v) is 3.68. The van der Waals surface area contributed by atoms with Gasteiger partial charge in [0, 0.05) is 25.0 Å². The first-order valence-corrected chi connectivity index (χ1v) is 9.36. The highest BCUT2D eigenvalue weighted by atomic mass is 32.1. The van der Waals surface area contributed by atoms with E-state index in [1.54, 1.807) is 23.6 Å². The lowest BCUT2D eigenvalue weighted by molar-refractivity contribution is -0.116. The second kappa shape index (κ2) is 7.09. The van der Waals surface area contributed by atoms with Gasteiger partial charge in [-0.15, -0.1) is 11.3 Å². The molecule has 1 amide bonds. The molecule has 1 N–H and O–H groups in total. The first-order valence-electron chi connectivity index (χ1n) is 8.48. The molecule has 11 heteroatoms. The number of nitrogens with one attached hydrogen (secondary N) is 1. The standard InChI is InChI=1S/C18H15FN6O3S/c1-23-15-14(16(27)24(2)18(23)28)25(9-20-15)7-13(26)22-17-21-12(8-29-17)10-5-3-4-6-11(10)19/h3-6,8-9H,7H2,1-2H3,(H,21,22,26). The van der Waals surface area contributed by atoms with Gasteiger partial charge < -0.3 is 9.88 Å². The fourth-order valence-electron chi connectivity index (χ4n) is 2.95. The van der Waals surface area contributed by atoms with Crippen LogP contribution in [0.15, 0.2) is 45.6 Å². The number of aryl methyl sites for hydroxylation is 1. The highest BCUT2D eigenvalue weighted by Crippen LogP contribution is 2.26. The van der Waals surface area contributed by atoms with Crippen LogP contribution in [0, 0.1) is 5.82 Å². The van der Waals surface area contributed by atoms with Crippen molar-refractivity contribution in [3.8, 4) is 11.3 Å². The molecular formula is C18H15FN6O3S. The fraction of sp³-hybridized carbons (Fsp3) is 0.167. The molecule has 0 bridgehead atoms. The van der Waals surface area contributed by atoms with Crippen LogP contribution in [0.3, 0.4) is 0 Å². The highest BCUT2D eigenvalue weighted by molar-refractivity contribution is 7.14. The Morgan fingerprint density at radius 2 is 1.97 bits per heavy atom. The van der Waals surface area contributed by atoms with Crippen LogP contribution in [0.2, 0.25) is 0 Å². The highest BCUT2D eigenvalue weighted by Gasteiger charge is 2.17. The van der Waals surface area contributed by atoms with E-state index in [0.717, 1.165) is 15.9 Å². The molecule has 1 aromatic carbocycles. The molecule has 0 saturated heterocycles. The van der Waals surface area contributed by atoms with Gasteiger partial charge in [-0.05, 0) is 12.1 Å². The molecule has 29 heavy (non-hydrogen) atoms. The van der Waals surface area contributed by atoms with Crippen LogP contribution < -0.4 is 16.6 Å². The third-order valence-corrected chi connectivity index (χ3v) is 5.19. The molecule has 9 nitrogen and oxygen atoms in total. The van der Waals surface area contributed by atoms with Gasteiger partial charge in [-0.2, -0.15) is 0 Å². The molecular weight excluding hydrogens is 399 g/mol. The third-order valence-electron chi connectivity index (χ3n) is 4.43. The number of hydrogen-bond donors (Lipinski definition) is 1. The third kappa shape index (κ3) is 3.25. The summed E-state index contributed by atoms with van der Waals surface area (Å²) >= 11 is 1.16. The van der Waals surface area contributed by atoms with E-state index in [1.165, 1.54) is 35.6 Å². The Labute approximate surface area is 166 Å². The summed E-state index contributed by atoms with van der Waals surface area (Å²) in [6.07, 6.45) is 1.33. The predicted molar refractivity (Wildman–Crippen MR) is 106 cm³/mol. The van der Waals surface area contributed by atoms with Gasteiger partial charge in [0.1, 0.15) is 12.4 Å². The second-order valence-corrected chi connectivity index (χ2v) is 7.17. The van der Waals surface area contributed by atoms with Crippen molar-refractivity contribution >= 4 is 33.5 Å². The maximum atomic E-state index is 13.9. The summed E-state index contributed by atoms with van der Waals surface area (Å²) < 4.78 is 17.5. The van der Waals surface area contributed by atoms with Gasteiger partial charge in [-0.3, -0.25) is 18.7 Å². The van der Waals surface area contributed by atoms with Crippen LogP contribution in [0.25, 0.3) is 22.4 Å². The number of rotatable bonds is 4. The van der Waals surface area contributed by atoms with Crippen molar-refractivity contribution in [2.24, 2.45) is 14.1 Å². The molecule has 4 rings (SSSR count). The van der Waals surface area contributed by atoms with Crippen LogP contribution in [0.4, 0.5) is 9.52 Å². The van der Waals surface area contributed by atoms with E-state index in [9.17, 15) is 18.8 Å². The number of carbonyl (C=O) groups is 1. The van der Waals surface area contributed by atoms with Gasteiger partial charge in [0.05, 0.1) is 12.0 Å². The van der Waals surface area contributed by atoms with Crippen molar-refractivity contribution in [2.45, 2.75) is 6.54 Å². The Kier molecular flexibility index (Phi) is 4.59. The van der Waals surface area contributed by atoms with Gasteiger partial charge in [-0.1, -0.05) is 12.1 Å². The number of anilines is 1. The number of benzene rings is 1. The van der Waals surface area contributed by atoms with Crippen molar-refractivity contribution < 1.29 is 9.18 Å². The molecule has 0 unspecified atom stereocenters. The monoisotopic (exact) mass is 414 g/mol. The smallest absolute Gasteiger partial charge is 0.315 e. The first kappa shape index (κ1) is 18.7. The SMILES string of the molecule is Cn1c(=O)c2c(ncn2CC(=O)Nc2nc(-c3ccccc3F)cs2)n(C)c1=O. The van der Waals surface area contributed by atoms with Crippen molar-refractivity contribution in [3.63, 3.8) is 0 Å². The topological polar surface area (TPSA) is 104 Å². The average Bonchev–Trinajstić information content (AvgIpc) is 3.32. The van der Waals surface area contributed by atoms with Crippen LogP contribution >= 0.6 is 11.3 Å². The molecule has 3 heterocycles. The van der Waals surface area contributed by atoms with E-state index in [-0.39, 0.29) is 17.7 Å². The molecule has 0 saturated carbocycles. The molecule has 0 fully saturated rings. The molecule has 0 spiro atoms. The Balaban J connectivity index is 1.58. The molecule has 0 aliphatic heterocycles. The Bertz CT molecular complexity index is 1370. The van der Waals surface area contributed by atoms with Gasteiger partial charge in [0.2, 0.25) is 5.91 Å². The number of hydrogen-bond acceptors (Lipinski definition) is 6. The van der Waals surface area contributed by atoms with Crippen LogP contribution in [-0.2, 0) is 25.4 Å². The number of thiazole rings is 1. The molecule has 0 aliphatic carbocycles. The lowest BCUT2D eigenvalue weighted by atomic mass is 10.2. The normalized spacial score (nSPS) is 11.1. The summed E-state index contributed by atoms with van der Waals surface area (Å²) in [6, 6.07) is 6.23. The minimum atomic E-state index is -0.538. The Morgan fingerprint density at radius 1 is 1.21 bits per heavy atom. The average molecular weight is 414 g/mol. The van der Waals surface area contributed by atoms with Crippen LogP contribution in [0.1, 0.15) is 0 Å². The number of carbonyl (C=O) groups excluding carboxylic acids is 1. The van der Waals surface area contributed by atoms with Gasteiger partial charge >= 0.3 is 5.69 Å². The molecule has 148 valence electrons. The van der Waals surface area contributed by atoms with Crippen molar-refractivity contribution in [1.82, 2.24) is 23.7 Å². The lowest BCUT2D eigenvalue weighted by Crippen LogP contribution is -2.37. The predicted octanol–water partition coefficient (Wildman–Crippen LogP) is 1.33. The summed E-state index contributed by atoms with van der Waals surface area (Å²) in [4.78, 5) is 45.2. The van der Waals surface area contributed by atoms with Gasteiger partial charge in [-0.25, -0.2) is 19.2 Å². The van der Waals surface area contributed by atoms with E-state index in [1.807, 2.05) is 0 Å². The minimum Gasteiger partial charge on any atom is -0.315 e. The minimum absolute atomic E-state index is 0.149. The van der Waals surface area contributed by atoms with Crippen molar-refractivity contribution in [2.75, 3.05) is 5.32 Å². The van der Waals surface area contributed by atoms with E-state index in [0.29, 0.717) is 16.4 Å². The number of halogens is 1. The van der Waals surface area contributed by atoms with E-state index >= 15 is 0 Å². The molecule has 0 atom stereocenters. The maximum absolute atomic E-state index is 13.9. The van der Waals surface area contributed by atoms with E-state index < -0.39 is 23.0 Å². The van der Waals surface area contributed by atoms with Gasteiger partial charge in [0.25, 0.3) is 5.56 Å². The quantitative estimate of drug-likeness (QED) is 0.543. The molecule has 4 aromatic rings. The zero-order valence-electron chi connectivity index (χ0n) is 15.4. The summed E-state index contributed by atoms with van der Waals surface area (Å²) in [5, 5.41) is 4.58. The molecule has 0 radical (unpaired) electrons. The van der Waals surface area contributed by atoms with Crippen LogP contribution in [-0.4, -0.2) is 29.6 Å². The summed E-state index contributed by atoms with van der Waals surface area (Å²) in [5.41, 5.74) is 0.0673. The van der Waals surface area contributed by atoms with E-state index in [2.05, 4.69) is 15.3 Å². The zero-order chi connectivity index (χ0) is 20.7. The number of fused-ring (bicyclic) bond motifs is 1. The maximum Gasteiger partial charge on any atom is 0.332 e. The summed E-state index contributed by atoms with van der Waals surface area (Å²) in [5.74, 6) is -0.836. The number of aromatic nitrogens is 5. The van der Waals surface area contributed by atoms with Gasteiger partial charge in [0.15, 0.2) is 16.3 Å². The summed E-state index contributed by atoms with van der Waals surface area (Å²) in [7, 11) is 2.86. The van der Waals surface area contributed by atoms with Crippen molar-refractivity contribution in [1.29, 1.82) is 0 Å². The van der Waals surface area contributed by atoms with Crippen molar-refractivity contribution in [3.05, 3.63) is 62.6 Å². The Morgan fingerprint density at radius 3 is 2.72 bits per heavy atom. The second-order valence-electron chi connectivity index (χ2n) is 6.32. The van der Waals surface area contributed by atoms with E-state index in [4.69, 9.17) is 0 Å². The lowest BCUT2D eigenvalue weighted by Gasteiger charge is -2.06. The number of amides is 1. The largest absolute Gasteiger partial charge is 0.332 e. The number of nitrogens with zero attached hydrogens (tertiary/aromatic N) is 5. The van der Waals surface area contributed by atoms with Crippen LogP contribution in [0.5, 0.6) is 0 Å². The number of imidazole rings is 1. The summed E-state index contributed by atoms with van der Waals surface area (Å²) in [6.45, 7) is -0.196. The Hall–Kier alpha value is -3.60. The first-order chi connectivity index (χ1) is 13.9. The molecule has 0 aliphatic rings. The molecule has 3 aromatic heterocycles. The zero-order valence-corrected chi connectivity index (χ0v) is 16.2.